The molecule has 4 unspecified atom stereocenters. The number of ether oxygens (including phenoxy) is 5. The minimum atomic E-state index is -1.63. The maximum absolute atomic E-state index is 13.8. The van der Waals surface area contributed by atoms with Gasteiger partial charge in [-0.15, -0.1) is 0 Å². The van der Waals surface area contributed by atoms with Crippen LogP contribution in [0.5, 0.6) is 17.6 Å². The van der Waals surface area contributed by atoms with Crippen molar-refractivity contribution in [2.75, 3.05) is 7.11 Å². The molecule has 0 bridgehead atoms. The first-order valence-electron chi connectivity index (χ1n) is 14.4. The summed E-state index contributed by atoms with van der Waals surface area (Å²) in [7, 11) is 1.29. The molecule has 2 saturated heterocycles. The average molecular weight is 643 g/mol. The molecule has 7 rings (SSSR count). The van der Waals surface area contributed by atoms with Crippen molar-refractivity contribution in [2.45, 2.75) is 75.3 Å². The Kier molecular flexibility index (Phi) is 7.34. The molecular formula is C31H30O15. The van der Waals surface area contributed by atoms with Gasteiger partial charge in [0.2, 0.25) is 11.7 Å². The highest BCUT2D eigenvalue weighted by atomic mass is 16.8. The molecule has 5 aromatic rings. The smallest absolute Gasteiger partial charge is 0.294 e. The van der Waals surface area contributed by atoms with E-state index in [0.717, 1.165) is 6.07 Å². The SMILES string of the molecule is COC1[C@@H](O)C(C)O[C@H](OC2[C@H](Oc3cccc4c(=O)c5c(O)oc6ccc(=O)c7c(O)oc(c34)c5c67)OC(C)[C@H](O)[C@@H]2O)[C@@H]1O. The highest BCUT2D eigenvalue weighted by molar-refractivity contribution is 6.27. The number of hydrogen-bond donors (Lipinski definition) is 6. The molecule has 2 fully saturated rings. The number of rotatable bonds is 5. The van der Waals surface area contributed by atoms with Crippen LogP contribution in [0.1, 0.15) is 13.8 Å². The topological polar surface area (TPSA) is 228 Å². The Morgan fingerprint density at radius 1 is 0.696 bits per heavy atom. The van der Waals surface area contributed by atoms with Crippen LogP contribution in [0.2, 0.25) is 0 Å². The molecule has 0 radical (unpaired) electrons. The van der Waals surface area contributed by atoms with Gasteiger partial charge >= 0.3 is 0 Å². The van der Waals surface area contributed by atoms with Crippen molar-refractivity contribution < 1.29 is 63.2 Å². The summed E-state index contributed by atoms with van der Waals surface area (Å²) in [6, 6.07) is 6.75. The summed E-state index contributed by atoms with van der Waals surface area (Å²) >= 11 is 0. The number of aliphatic hydroxyl groups is 4. The Labute approximate surface area is 257 Å². The van der Waals surface area contributed by atoms with Crippen LogP contribution in [0.3, 0.4) is 0 Å². The molecular weight excluding hydrogens is 612 g/mol. The lowest BCUT2D eigenvalue weighted by Gasteiger charge is -2.46. The van der Waals surface area contributed by atoms with E-state index in [1.807, 2.05) is 0 Å². The fourth-order valence-electron chi connectivity index (χ4n) is 6.41. The van der Waals surface area contributed by atoms with Crippen LogP contribution in [-0.4, -0.2) is 99.2 Å². The Balaban J connectivity index is 1.38. The number of aliphatic hydroxyl groups excluding tert-OH is 4. The quantitative estimate of drug-likeness (QED) is 0.115. The normalized spacial score (nSPS) is 32.2. The van der Waals surface area contributed by atoms with E-state index in [1.165, 1.54) is 45.2 Å². The Morgan fingerprint density at radius 3 is 2.13 bits per heavy atom. The molecule has 0 amide bonds. The van der Waals surface area contributed by atoms with Crippen LogP contribution in [0, 0.1) is 0 Å². The van der Waals surface area contributed by atoms with Crippen molar-refractivity contribution in [2.24, 2.45) is 0 Å². The van der Waals surface area contributed by atoms with Gasteiger partial charge in [-0.05, 0) is 32.0 Å². The molecule has 0 aliphatic carbocycles. The lowest BCUT2D eigenvalue weighted by molar-refractivity contribution is -0.353. The molecule has 6 N–H and O–H groups in total. The Morgan fingerprint density at radius 2 is 1.39 bits per heavy atom. The van der Waals surface area contributed by atoms with E-state index in [0.29, 0.717) is 0 Å². The number of fused-ring (bicyclic) bond motifs is 2. The van der Waals surface area contributed by atoms with Gasteiger partial charge < -0.3 is 63.2 Å². The average Bonchev–Trinajstić information content (AvgIpc) is 3.02. The van der Waals surface area contributed by atoms with Crippen molar-refractivity contribution in [3.05, 3.63) is 50.8 Å². The predicted molar refractivity (Wildman–Crippen MR) is 157 cm³/mol. The fraction of sp³-hybridized carbons (Fsp3) is 0.419. The summed E-state index contributed by atoms with van der Waals surface area (Å²) in [6.07, 6.45) is -13.2. The highest BCUT2D eigenvalue weighted by Gasteiger charge is 2.50. The predicted octanol–water partition coefficient (Wildman–Crippen LogP) is 0.767. The van der Waals surface area contributed by atoms with Crippen LogP contribution < -0.4 is 15.6 Å². The largest absolute Gasteiger partial charge is 0.480 e. The number of methoxy groups -OCH3 is 1. The van der Waals surface area contributed by atoms with Crippen molar-refractivity contribution in [1.29, 1.82) is 0 Å². The summed E-state index contributed by atoms with van der Waals surface area (Å²) in [5.41, 5.74) is -1.45. The molecule has 10 atom stereocenters. The van der Waals surface area contributed by atoms with Crippen LogP contribution in [0.25, 0.3) is 43.5 Å². The maximum atomic E-state index is 13.8. The van der Waals surface area contributed by atoms with E-state index >= 15 is 0 Å². The van der Waals surface area contributed by atoms with Crippen LogP contribution >= 0.6 is 0 Å². The van der Waals surface area contributed by atoms with Gasteiger partial charge in [0.05, 0.1) is 17.6 Å². The van der Waals surface area contributed by atoms with E-state index in [1.54, 1.807) is 0 Å². The van der Waals surface area contributed by atoms with Crippen molar-refractivity contribution in [3.63, 3.8) is 0 Å². The van der Waals surface area contributed by atoms with Gasteiger partial charge in [0.15, 0.2) is 23.4 Å². The third kappa shape index (κ3) is 4.43. The van der Waals surface area contributed by atoms with E-state index < -0.39 is 84.2 Å². The summed E-state index contributed by atoms with van der Waals surface area (Å²) in [6.45, 7) is 3.02. The zero-order valence-electron chi connectivity index (χ0n) is 24.5. The van der Waals surface area contributed by atoms with Crippen LogP contribution in [0.4, 0.5) is 0 Å². The third-order valence-corrected chi connectivity index (χ3v) is 8.79. The van der Waals surface area contributed by atoms with Gasteiger partial charge in [0.1, 0.15) is 52.6 Å². The van der Waals surface area contributed by atoms with Crippen molar-refractivity contribution in [3.8, 4) is 17.6 Å². The lowest BCUT2D eigenvalue weighted by atomic mass is 9.97. The minimum absolute atomic E-state index is 0.00242. The van der Waals surface area contributed by atoms with Gasteiger partial charge in [0, 0.05) is 23.3 Å². The minimum Gasteiger partial charge on any atom is -0.480 e. The van der Waals surface area contributed by atoms with Gasteiger partial charge in [-0.2, -0.15) is 0 Å². The molecule has 15 heteroatoms. The number of benzene rings is 3. The molecule has 2 aromatic heterocycles. The van der Waals surface area contributed by atoms with Gasteiger partial charge in [-0.3, -0.25) is 9.59 Å². The summed E-state index contributed by atoms with van der Waals surface area (Å²) in [4.78, 5) is 26.5. The van der Waals surface area contributed by atoms with Gasteiger partial charge in [0.25, 0.3) is 11.9 Å². The molecule has 0 saturated carbocycles. The van der Waals surface area contributed by atoms with Crippen molar-refractivity contribution >= 4 is 43.5 Å². The monoisotopic (exact) mass is 642 g/mol. The first-order valence-corrected chi connectivity index (χ1v) is 14.4. The summed E-state index contributed by atoms with van der Waals surface area (Å²) in [5, 5.41) is 64.0. The van der Waals surface area contributed by atoms with Crippen molar-refractivity contribution in [1.82, 2.24) is 0 Å². The second kappa shape index (κ2) is 11.0. The highest BCUT2D eigenvalue weighted by Crippen LogP contribution is 2.45. The second-order valence-corrected chi connectivity index (χ2v) is 11.5. The summed E-state index contributed by atoms with van der Waals surface area (Å²) in [5.74, 6) is -1.56. The zero-order chi connectivity index (χ0) is 32.8. The van der Waals surface area contributed by atoms with Gasteiger partial charge in [-0.25, -0.2) is 0 Å². The summed E-state index contributed by atoms with van der Waals surface area (Å²) < 4.78 is 40.1. The maximum Gasteiger partial charge on any atom is 0.294 e. The molecule has 2 aliphatic heterocycles. The standard InChI is InChI=1S/C31H30O15/c1-9-20(33)23(36)27(46-30-24(37)26(40-3)21(34)10(2)41-30)31(42-9)44-13-6-4-5-11-15(13)25-18-17-14(43-29(39)19(18)22(11)35)8-7-12(32)16(17)28(38)45-25/h4-10,20-21,23-24,26-27,30-31,33-34,36-39H,1-3H3/t9?,10?,20-,21-,23-,24+,26?,27?,30+,31-/m0/s1. The molecule has 15 nitrogen and oxygen atoms in total. The van der Waals surface area contributed by atoms with Gasteiger partial charge in [-0.1, -0.05) is 12.1 Å². The van der Waals surface area contributed by atoms with Crippen LogP contribution in [-0.2, 0) is 18.9 Å². The lowest BCUT2D eigenvalue weighted by Crippen LogP contribution is -2.64. The number of aromatic hydroxyl groups is 2. The van der Waals surface area contributed by atoms with E-state index in [-0.39, 0.29) is 49.2 Å². The molecule has 0 spiro atoms. The van der Waals surface area contributed by atoms with E-state index in [9.17, 15) is 40.2 Å². The molecule has 3 aromatic carbocycles. The Bertz CT molecular complexity index is 2070. The molecule has 2 aliphatic rings. The van der Waals surface area contributed by atoms with E-state index in [2.05, 4.69) is 0 Å². The molecule has 46 heavy (non-hydrogen) atoms. The second-order valence-electron chi connectivity index (χ2n) is 11.5. The third-order valence-electron chi connectivity index (χ3n) is 8.79. The Hall–Kier alpha value is -4.06. The number of hydrogen-bond acceptors (Lipinski definition) is 15. The van der Waals surface area contributed by atoms with Crippen LogP contribution in [0.15, 0.2) is 48.8 Å². The zero-order valence-corrected chi connectivity index (χ0v) is 24.5. The first-order chi connectivity index (χ1) is 21.9. The molecule has 4 heterocycles. The molecule has 244 valence electrons. The fourth-order valence-corrected chi connectivity index (χ4v) is 6.41. The van der Waals surface area contributed by atoms with E-state index in [4.69, 9.17) is 32.5 Å². The first kappa shape index (κ1) is 30.6.